The van der Waals surface area contributed by atoms with E-state index >= 15 is 0 Å². The molecule has 1 N–H and O–H groups in total. The van der Waals surface area contributed by atoms with Gasteiger partial charge in [0.2, 0.25) is 0 Å². The Morgan fingerprint density at radius 3 is 2.89 bits per heavy atom. The molecule has 1 aliphatic heterocycles. The lowest BCUT2D eigenvalue weighted by Crippen LogP contribution is -2.36. The van der Waals surface area contributed by atoms with E-state index in [0.29, 0.717) is 18.1 Å². The molecule has 1 aliphatic rings. The predicted octanol–water partition coefficient (Wildman–Crippen LogP) is 4.22. The standard InChI is InChI=1S/C15H22INO/c1-10(2)15-9-12(7-8-18-15)17-14-6-4-5-13(16)11(14)3/h4-6,10,12,15,17H,7-9H2,1-3H3. The second-order valence-corrected chi connectivity index (χ2v) is 6.59. The molecular weight excluding hydrogens is 337 g/mol. The summed E-state index contributed by atoms with van der Waals surface area (Å²) in [4.78, 5) is 0. The summed E-state index contributed by atoms with van der Waals surface area (Å²) in [5, 5.41) is 3.69. The molecule has 2 unspecified atom stereocenters. The molecule has 1 heterocycles. The fourth-order valence-corrected chi connectivity index (χ4v) is 2.91. The van der Waals surface area contributed by atoms with Crippen molar-refractivity contribution < 1.29 is 4.74 Å². The molecular formula is C15H22INO. The van der Waals surface area contributed by atoms with Gasteiger partial charge in [-0.3, -0.25) is 0 Å². The normalized spacial score (nSPS) is 24.3. The Kier molecular flexibility index (Phi) is 4.90. The summed E-state index contributed by atoms with van der Waals surface area (Å²) >= 11 is 2.39. The third-order valence-electron chi connectivity index (χ3n) is 3.69. The first-order chi connectivity index (χ1) is 8.58. The van der Waals surface area contributed by atoms with Gasteiger partial charge in [-0.1, -0.05) is 19.9 Å². The first-order valence-corrected chi connectivity index (χ1v) is 7.79. The van der Waals surface area contributed by atoms with Crippen molar-refractivity contribution >= 4 is 28.3 Å². The van der Waals surface area contributed by atoms with Crippen molar-refractivity contribution in [2.24, 2.45) is 5.92 Å². The molecule has 2 rings (SSSR count). The van der Waals surface area contributed by atoms with E-state index in [-0.39, 0.29) is 0 Å². The van der Waals surface area contributed by atoms with E-state index in [9.17, 15) is 0 Å². The van der Waals surface area contributed by atoms with E-state index in [1.54, 1.807) is 0 Å². The summed E-state index contributed by atoms with van der Waals surface area (Å²) in [5.41, 5.74) is 2.63. The zero-order chi connectivity index (χ0) is 13.1. The van der Waals surface area contributed by atoms with Gasteiger partial charge >= 0.3 is 0 Å². The van der Waals surface area contributed by atoms with Crippen LogP contribution in [0.4, 0.5) is 5.69 Å². The predicted molar refractivity (Wildman–Crippen MR) is 85.1 cm³/mol. The molecule has 1 saturated heterocycles. The molecule has 1 fully saturated rings. The number of nitrogens with one attached hydrogen (secondary N) is 1. The van der Waals surface area contributed by atoms with E-state index < -0.39 is 0 Å². The van der Waals surface area contributed by atoms with E-state index in [0.717, 1.165) is 19.4 Å². The van der Waals surface area contributed by atoms with Crippen LogP contribution in [0.2, 0.25) is 0 Å². The van der Waals surface area contributed by atoms with Gasteiger partial charge in [-0.15, -0.1) is 0 Å². The molecule has 100 valence electrons. The molecule has 0 spiro atoms. The number of benzene rings is 1. The summed E-state index contributed by atoms with van der Waals surface area (Å²) in [6, 6.07) is 7.00. The van der Waals surface area contributed by atoms with Crippen LogP contribution in [0.5, 0.6) is 0 Å². The van der Waals surface area contributed by atoms with Gasteiger partial charge in [0.1, 0.15) is 0 Å². The lowest BCUT2D eigenvalue weighted by molar-refractivity contribution is -0.0160. The zero-order valence-electron chi connectivity index (χ0n) is 11.4. The van der Waals surface area contributed by atoms with Crippen molar-refractivity contribution in [2.75, 3.05) is 11.9 Å². The number of anilines is 1. The van der Waals surface area contributed by atoms with Crippen LogP contribution in [-0.2, 0) is 4.74 Å². The van der Waals surface area contributed by atoms with Crippen LogP contribution in [0, 0.1) is 16.4 Å². The molecule has 0 bridgehead atoms. The fraction of sp³-hybridized carbons (Fsp3) is 0.600. The first-order valence-electron chi connectivity index (χ1n) is 6.71. The Morgan fingerprint density at radius 1 is 1.39 bits per heavy atom. The first kappa shape index (κ1) is 14.1. The number of rotatable bonds is 3. The minimum Gasteiger partial charge on any atom is -0.382 e. The van der Waals surface area contributed by atoms with Gasteiger partial charge < -0.3 is 10.1 Å². The van der Waals surface area contributed by atoms with Gasteiger partial charge in [-0.2, -0.15) is 0 Å². The molecule has 0 radical (unpaired) electrons. The molecule has 2 atom stereocenters. The van der Waals surface area contributed by atoms with Gasteiger partial charge in [0.15, 0.2) is 0 Å². The smallest absolute Gasteiger partial charge is 0.0617 e. The lowest BCUT2D eigenvalue weighted by atomic mass is 9.95. The number of hydrogen-bond donors (Lipinski definition) is 1. The Hall–Kier alpha value is -0.290. The van der Waals surface area contributed by atoms with Crippen molar-refractivity contribution in [3.8, 4) is 0 Å². The third-order valence-corrected chi connectivity index (χ3v) is 4.85. The van der Waals surface area contributed by atoms with Crippen molar-refractivity contribution in [3.05, 3.63) is 27.3 Å². The number of hydrogen-bond acceptors (Lipinski definition) is 2. The van der Waals surface area contributed by atoms with Crippen molar-refractivity contribution in [1.29, 1.82) is 0 Å². The molecule has 0 amide bonds. The average molecular weight is 359 g/mol. The van der Waals surface area contributed by atoms with E-state index in [1.807, 2.05) is 0 Å². The van der Waals surface area contributed by atoms with Gasteiger partial charge in [0.05, 0.1) is 6.10 Å². The minimum absolute atomic E-state index is 0.402. The molecule has 3 heteroatoms. The van der Waals surface area contributed by atoms with Gasteiger partial charge in [0.25, 0.3) is 0 Å². The Morgan fingerprint density at radius 2 is 2.17 bits per heavy atom. The summed E-state index contributed by atoms with van der Waals surface area (Å²) in [5.74, 6) is 0.603. The van der Waals surface area contributed by atoms with Crippen molar-refractivity contribution in [1.82, 2.24) is 0 Å². The second kappa shape index (κ2) is 6.24. The second-order valence-electron chi connectivity index (χ2n) is 5.43. The summed E-state index contributed by atoms with van der Waals surface area (Å²) in [7, 11) is 0. The highest BCUT2D eigenvalue weighted by Gasteiger charge is 2.25. The quantitative estimate of drug-likeness (QED) is 0.817. The maximum Gasteiger partial charge on any atom is 0.0617 e. The minimum atomic E-state index is 0.402. The van der Waals surface area contributed by atoms with E-state index in [4.69, 9.17) is 4.74 Å². The van der Waals surface area contributed by atoms with Crippen LogP contribution in [0.3, 0.4) is 0 Å². The van der Waals surface area contributed by atoms with Crippen LogP contribution in [0.1, 0.15) is 32.3 Å². The highest BCUT2D eigenvalue weighted by atomic mass is 127. The van der Waals surface area contributed by atoms with E-state index in [2.05, 4.69) is 66.9 Å². The lowest BCUT2D eigenvalue weighted by Gasteiger charge is -2.33. The SMILES string of the molecule is Cc1c(I)cccc1NC1CCOC(C(C)C)C1. The third kappa shape index (κ3) is 3.38. The molecule has 1 aromatic carbocycles. The number of halogens is 1. The topological polar surface area (TPSA) is 21.3 Å². The number of ether oxygens (including phenoxy) is 1. The molecule has 0 aromatic heterocycles. The van der Waals surface area contributed by atoms with Crippen molar-refractivity contribution in [2.45, 2.75) is 45.8 Å². The summed E-state index contributed by atoms with van der Waals surface area (Å²) in [6.07, 6.45) is 2.62. The highest BCUT2D eigenvalue weighted by Crippen LogP contribution is 2.26. The zero-order valence-corrected chi connectivity index (χ0v) is 13.5. The van der Waals surface area contributed by atoms with Crippen LogP contribution in [0.25, 0.3) is 0 Å². The van der Waals surface area contributed by atoms with Crippen LogP contribution < -0.4 is 5.32 Å². The maximum atomic E-state index is 5.82. The van der Waals surface area contributed by atoms with Gasteiger partial charge in [-0.05, 0) is 66.0 Å². The fourth-order valence-electron chi connectivity index (χ4n) is 2.41. The Bertz CT molecular complexity index is 405. The van der Waals surface area contributed by atoms with Gasteiger partial charge in [-0.25, -0.2) is 0 Å². The Labute approximate surface area is 124 Å². The molecule has 0 saturated carbocycles. The largest absolute Gasteiger partial charge is 0.382 e. The van der Waals surface area contributed by atoms with Crippen LogP contribution >= 0.6 is 22.6 Å². The molecule has 0 aliphatic carbocycles. The highest BCUT2D eigenvalue weighted by molar-refractivity contribution is 14.1. The maximum absolute atomic E-state index is 5.82. The summed E-state index contributed by atoms with van der Waals surface area (Å²) < 4.78 is 7.14. The van der Waals surface area contributed by atoms with Crippen molar-refractivity contribution in [3.63, 3.8) is 0 Å². The molecule has 1 aromatic rings. The van der Waals surface area contributed by atoms with Crippen LogP contribution in [-0.4, -0.2) is 18.8 Å². The summed E-state index contributed by atoms with van der Waals surface area (Å²) in [6.45, 7) is 7.54. The monoisotopic (exact) mass is 359 g/mol. The van der Waals surface area contributed by atoms with Gasteiger partial charge in [0, 0.05) is 21.9 Å². The van der Waals surface area contributed by atoms with E-state index in [1.165, 1.54) is 14.8 Å². The van der Waals surface area contributed by atoms with Crippen LogP contribution in [0.15, 0.2) is 18.2 Å². The average Bonchev–Trinajstić information content (AvgIpc) is 2.35. The molecule has 18 heavy (non-hydrogen) atoms. The molecule has 2 nitrogen and oxygen atoms in total. The Balaban J connectivity index is 2.03.